The molecule has 6 heteroatoms. The second-order valence-electron chi connectivity index (χ2n) is 9.33. The number of benzene rings is 1. The van der Waals surface area contributed by atoms with Gasteiger partial charge in [0.25, 0.3) is 0 Å². The number of rotatable bonds is 5. The topological polar surface area (TPSA) is 14.7 Å². The number of fused-ring (bicyclic) bond motifs is 3. The lowest BCUT2D eigenvalue weighted by molar-refractivity contribution is 0.326. The van der Waals surface area contributed by atoms with Crippen molar-refractivity contribution < 1.29 is 0 Å². The highest BCUT2D eigenvalue weighted by molar-refractivity contribution is 6.77. The predicted octanol–water partition coefficient (Wildman–Crippen LogP) is 6.03. The lowest BCUT2D eigenvalue weighted by atomic mass is 9.55. The predicted molar refractivity (Wildman–Crippen MR) is 134 cm³/mol. The Bertz CT molecular complexity index is 792. The van der Waals surface area contributed by atoms with Crippen LogP contribution in [0.1, 0.15) is 60.3 Å². The molecule has 1 fully saturated rings. The molecular weight excluding hydrogens is 366 g/mol. The molecule has 0 aliphatic carbocycles. The van der Waals surface area contributed by atoms with Gasteiger partial charge in [-0.15, -0.1) is 0 Å². The minimum Gasteiger partial charge on any atom is -0.381 e. The number of aromatic nitrogens is 1. The minimum atomic E-state index is 0.00665. The number of hydrogen-bond acceptors (Lipinski definition) is 3. The third-order valence-electron chi connectivity index (χ3n) is 6.61. The third-order valence-corrected chi connectivity index (χ3v) is 6.61. The summed E-state index contributed by atoms with van der Waals surface area (Å²) in [5.41, 5.74) is 1.32. The first-order valence-electron chi connectivity index (χ1n) is 11.9. The molecule has 1 atom stereocenters. The average molecular weight is 406 g/mol. The fraction of sp³-hybridized carbons (Fsp3) is 0.583. The lowest BCUT2D eigenvalue weighted by Gasteiger charge is -2.56. The van der Waals surface area contributed by atoms with Crippen molar-refractivity contribution in [1.82, 2.24) is 9.29 Å². The Kier molecular flexibility index (Phi) is 7.28. The van der Waals surface area contributed by atoms with E-state index in [2.05, 4.69) is 116 Å². The van der Waals surface area contributed by atoms with E-state index < -0.39 is 0 Å². The molecular formula is C24H40B2N4. The molecule has 0 N–H and O–H groups in total. The third kappa shape index (κ3) is 3.91. The van der Waals surface area contributed by atoms with E-state index in [0.29, 0.717) is 20.1 Å². The van der Waals surface area contributed by atoms with Gasteiger partial charge in [-0.1, -0.05) is 71.9 Å². The van der Waals surface area contributed by atoms with Crippen molar-refractivity contribution in [2.24, 2.45) is 0 Å². The van der Waals surface area contributed by atoms with Gasteiger partial charge >= 0.3 is 14.0 Å². The summed E-state index contributed by atoms with van der Waals surface area (Å²) in [6, 6.07) is 15.4. The standard InChI is InChI=1S/C21H32B2N4.C3H8/c1-6-7-11-17-25-22(4)26(18-13-9-8-10-14-18)20-21(2,3)24-16-12-15-19(24)27(20)23(25)5;1-3-2/h8-10,12-16,20H,6-7,11,17H2,1-5H3;3H2,1-2H3. The summed E-state index contributed by atoms with van der Waals surface area (Å²) in [5, 5.41) is 0. The van der Waals surface area contributed by atoms with Gasteiger partial charge in [0, 0.05) is 11.9 Å². The Balaban J connectivity index is 0.000000806. The molecule has 1 unspecified atom stereocenters. The van der Waals surface area contributed by atoms with E-state index >= 15 is 0 Å². The first kappa shape index (κ1) is 22.9. The number of hydrogen-bond donors (Lipinski definition) is 0. The van der Waals surface area contributed by atoms with Crippen LogP contribution in [0.4, 0.5) is 11.5 Å². The van der Waals surface area contributed by atoms with Crippen molar-refractivity contribution in [3.8, 4) is 0 Å². The van der Waals surface area contributed by atoms with E-state index in [1.807, 2.05) is 0 Å². The van der Waals surface area contributed by atoms with Crippen LogP contribution < -0.4 is 9.62 Å². The SMILES string of the molecule is CCC.CCCCCN1B(C)N(c2ccccc2)C2N(B1C)c1cccn1C2(C)C. The van der Waals surface area contributed by atoms with E-state index in [0.717, 1.165) is 6.54 Å². The maximum Gasteiger partial charge on any atom is 0.332 e. The van der Waals surface area contributed by atoms with Crippen LogP contribution in [0.15, 0.2) is 48.7 Å². The molecule has 2 aliphatic rings. The fourth-order valence-electron chi connectivity index (χ4n) is 5.24. The zero-order chi connectivity index (χ0) is 21.9. The maximum atomic E-state index is 2.68. The van der Waals surface area contributed by atoms with Gasteiger partial charge in [-0.05, 0) is 51.1 Å². The Morgan fingerprint density at radius 2 is 1.50 bits per heavy atom. The molecule has 1 aromatic carbocycles. The molecule has 1 saturated heterocycles. The summed E-state index contributed by atoms with van der Waals surface area (Å²) in [4.78, 5) is 5.28. The summed E-state index contributed by atoms with van der Waals surface area (Å²) in [6.45, 7) is 18.0. The Hall–Kier alpha value is -1.81. The molecule has 0 amide bonds. The highest BCUT2D eigenvalue weighted by Gasteiger charge is 2.56. The average Bonchev–Trinajstić information content (AvgIpc) is 3.28. The fourth-order valence-corrected chi connectivity index (χ4v) is 5.24. The maximum absolute atomic E-state index is 2.68. The van der Waals surface area contributed by atoms with Gasteiger partial charge < -0.3 is 18.9 Å². The van der Waals surface area contributed by atoms with Crippen LogP contribution in [0.5, 0.6) is 0 Å². The Morgan fingerprint density at radius 3 is 2.13 bits per heavy atom. The number of anilines is 2. The molecule has 30 heavy (non-hydrogen) atoms. The highest BCUT2D eigenvalue weighted by atomic mass is 15.5. The quantitative estimate of drug-likeness (QED) is 0.445. The van der Waals surface area contributed by atoms with E-state index in [9.17, 15) is 0 Å². The van der Waals surface area contributed by atoms with Crippen LogP contribution in [0.25, 0.3) is 0 Å². The van der Waals surface area contributed by atoms with Crippen molar-refractivity contribution in [3.05, 3.63) is 48.7 Å². The number of para-hydroxylation sites is 1. The first-order valence-corrected chi connectivity index (χ1v) is 11.9. The van der Waals surface area contributed by atoms with Crippen LogP contribution in [0.2, 0.25) is 13.6 Å². The van der Waals surface area contributed by atoms with Crippen LogP contribution in [0, 0.1) is 0 Å². The molecule has 4 rings (SSSR count). The molecule has 1 aromatic heterocycles. The molecule has 0 spiro atoms. The second-order valence-corrected chi connectivity index (χ2v) is 9.33. The van der Waals surface area contributed by atoms with Gasteiger partial charge in [0.05, 0.1) is 11.4 Å². The van der Waals surface area contributed by atoms with Crippen molar-refractivity contribution in [2.45, 2.75) is 85.7 Å². The minimum absolute atomic E-state index is 0.00665. The van der Waals surface area contributed by atoms with Crippen molar-refractivity contribution in [1.29, 1.82) is 0 Å². The normalized spacial score (nSPS) is 20.0. The van der Waals surface area contributed by atoms with Crippen molar-refractivity contribution >= 4 is 25.5 Å². The van der Waals surface area contributed by atoms with Gasteiger partial charge in [0.1, 0.15) is 6.17 Å². The van der Waals surface area contributed by atoms with Crippen molar-refractivity contribution in [2.75, 3.05) is 16.2 Å². The van der Waals surface area contributed by atoms with Gasteiger partial charge in [0.15, 0.2) is 0 Å². The molecule has 2 aromatic rings. The van der Waals surface area contributed by atoms with Gasteiger partial charge in [-0.2, -0.15) is 0 Å². The Morgan fingerprint density at radius 1 is 0.867 bits per heavy atom. The summed E-state index contributed by atoms with van der Waals surface area (Å²) in [5.74, 6) is 1.34. The highest BCUT2D eigenvalue weighted by Crippen LogP contribution is 2.45. The summed E-state index contributed by atoms with van der Waals surface area (Å²) < 4.78 is 5.14. The molecule has 0 radical (unpaired) electrons. The van der Waals surface area contributed by atoms with Crippen LogP contribution >= 0.6 is 0 Å². The van der Waals surface area contributed by atoms with Crippen LogP contribution in [-0.2, 0) is 5.54 Å². The zero-order valence-corrected chi connectivity index (χ0v) is 20.2. The number of nitrogens with zero attached hydrogens (tertiary/aromatic N) is 4. The van der Waals surface area contributed by atoms with E-state index in [1.54, 1.807) is 0 Å². The molecule has 0 saturated carbocycles. The second kappa shape index (κ2) is 9.55. The van der Waals surface area contributed by atoms with Gasteiger partial charge in [-0.3, -0.25) is 0 Å². The van der Waals surface area contributed by atoms with Crippen LogP contribution in [0.3, 0.4) is 0 Å². The summed E-state index contributed by atoms with van der Waals surface area (Å²) in [6.07, 6.45) is 7.63. The van der Waals surface area contributed by atoms with Crippen molar-refractivity contribution in [3.63, 3.8) is 0 Å². The molecule has 0 bridgehead atoms. The summed E-state index contributed by atoms with van der Waals surface area (Å²) >= 11 is 0. The van der Waals surface area contributed by atoms with E-state index in [1.165, 1.54) is 37.2 Å². The molecule has 162 valence electrons. The first-order chi connectivity index (χ1) is 14.4. The molecule has 4 nitrogen and oxygen atoms in total. The Labute approximate surface area is 185 Å². The van der Waals surface area contributed by atoms with E-state index in [4.69, 9.17) is 0 Å². The van der Waals surface area contributed by atoms with E-state index in [-0.39, 0.29) is 5.54 Å². The van der Waals surface area contributed by atoms with Gasteiger partial charge in [-0.25, -0.2) is 0 Å². The lowest BCUT2D eigenvalue weighted by Crippen LogP contribution is -2.76. The molecule has 2 aliphatic heterocycles. The monoisotopic (exact) mass is 406 g/mol. The molecule has 3 heterocycles. The number of unbranched alkanes of at least 4 members (excludes halogenated alkanes) is 2. The largest absolute Gasteiger partial charge is 0.381 e. The van der Waals surface area contributed by atoms with Crippen LogP contribution in [-0.4, -0.2) is 36.0 Å². The zero-order valence-electron chi connectivity index (χ0n) is 20.2. The smallest absolute Gasteiger partial charge is 0.332 e. The summed E-state index contributed by atoms with van der Waals surface area (Å²) in [7, 11) is 0. The van der Waals surface area contributed by atoms with Gasteiger partial charge in [0.2, 0.25) is 0 Å².